The lowest BCUT2D eigenvalue weighted by atomic mass is 10.1. The summed E-state index contributed by atoms with van der Waals surface area (Å²) in [5.41, 5.74) is 2.60. The Hall–Kier alpha value is -2.27. The Morgan fingerprint density at radius 3 is 2.63 bits per heavy atom. The minimum Gasteiger partial charge on any atom is -0.465 e. The number of aromatic nitrogens is 2. The lowest BCUT2D eigenvalue weighted by Crippen LogP contribution is -2.13. The van der Waals surface area contributed by atoms with E-state index in [1.54, 1.807) is 18.3 Å². The summed E-state index contributed by atoms with van der Waals surface area (Å²) in [6.45, 7) is 1.40. The first-order valence-corrected chi connectivity index (χ1v) is 5.92. The van der Waals surface area contributed by atoms with Crippen LogP contribution < -0.4 is 5.32 Å². The van der Waals surface area contributed by atoms with Crippen molar-refractivity contribution < 1.29 is 9.53 Å². The fourth-order valence-corrected chi connectivity index (χ4v) is 1.63. The molecule has 0 amide bonds. The number of esters is 1. The van der Waals surface area contributed by atoms with Crippen LogP contribution in [-0.4, -0.2) is 23.0 Å². The Labute approximate surface area is 111 Å². The molecular weight excluding hydrogens is 242 g/mol. The largest absolute Gasteiger partial charge is 0.465 e. The molecular formula is C14H15N3O2. The lowest BCUT2D eigenvalue weighted by Gasteiger charge is -2.05. The fourth-order valence-electron chi connectivity index (χ4n) is 1.63. The molecule has 0 bridgehead atoms. The predicted octanol–water partition coefficient (Wildman–Crippen LogP) is 1.55. The minimum atomic E-state index is -0.319. The zero-order valence-corrected chi connectivity index (χ0v) is 10.7. The standard InChI is InChI=1S/C14H15N3O2/c1-19-14(18)12-4-2-11(3-5-12)8-16-9-13-6-7-15-10-17-13/h2-7,10,16H,8-9H2,1H3. The summed E-state index contributed by atoms with van der Waals surface area (Å²) in [4.78, 5) is 19.3. The number of carbonyl (C=O) groups excluding carboxylic acids is 1. The molecule has 2 aromatic rings. The van der Waals surface area contributed by atoms with Crippen molar-refractivity contribution in [2.45, 2.75) is 13.1 Å². The Morgan fingerprint density at radius 2 is 2.00 bits per heavy atom. The highest BCUT2D eigenvalue weighted by molar-refractivity contribution is 5.89. The van der Waals surface area contributed by atoms with E-state index >= 15 is 0 Å². The van der Waals surface area contributed by atoms with Crippen molar-refractivity contribution in [2.75, 3.05) is 7.11 Å². The topological polar surface area (TPSA) is 64.1 Å². The predicted molar refractivity (Wildman–Crippen MR) is 70.4 cm³/mol. The highest BCUT2D eigenvalue weighted by Gasteiger charge is 2.03. The quantitative estimate of drug-likeness (QED) is 0.823. The molecule has 0 saturated carbocycles. The van der Waals surface area contributed by atoms with Crippen molar-refractivity contribution in [2.24, 2.45) is 0 Å². The van der Waals surface area contributed by atoms with Crippen LogP contribution in [0.1, 0.15) is 21.6 Å². The van der Waals surface area contributed by atoms with E-state index in [4.69, 9.17) is 0 Å². The molecule has 1 aromatic carbocycles. The third-order valence-electron chi connectivity index (χ3n) is 2.65. The molecule has 1 aromatic heterocycles. The average molecular weight is 257 g/mol. The monoisotopic (exact) mass is 257 g/mol. The smallest absolute Gasteiger partial charge is 0.337 e. The molecule has 0 spiro atoms. The van der Waals surface area contributed by atoms with E-state index in [2.05, 4.69) is 20.0 Å². The maximum Gasteiger partial charge on any atom is 0.337 e. The zero-order valence-electron chi connectivity index (χ0n) is 10.7. The van der Waals surface area contributed by atoms with Crippen LogP contribution in [0.5, 0.6) is 0 Å². The van der Waals surface area contributed by atoms with Gasteiger partial charge in [-0.25, -0.2) is 14.8 Å². The van der Waals surface area contributed by atoms with Gasteiger partial charge in [0, 0.05) is 19.3 Å². The van der Waals surface area contributed by atoms with E-state index in [1.165, 1.54) is 13.4 Å². The van der Waals surface area contributed by atoms with Crippen LogP contribution in [0.15, 0.2) is 42.9 Å². The lowest BCUT2D eigenvalue weighted by molar-refractivity contribution is 0.0600. The summed E-state index contributed by atoms with van der Waals surface area (Å²) in [5, 5.41) is 3.27. The van der Waals surface area contributed by atoms with E-state index in [0.29, 0.717) is 18.7 Å². The highest BCUT2D eigenvalue weighted by atomic mass is 16.5. The zero-order chi connectivity index (χ0) is 13.5. The molecule has 2 rings (SSSR count). The number of ether oxygens (including phenoxy) is 1. The maximum atomic E-state index is 11.3. The molecule has 1 N–H and O–H groups in total. The van der Waals surface area contributed by atoms with E-state index in [0.717, 1.165) is 11.3 Å². The van der Waals surface area contributed by atoms with Crippen molar-refractivity contribution in [1.82, 2.24) is 15.3 Å². The van der Waals surface area contributed by atoms with Gasteiger partial charge >= 0.3 is 5.97 Å². The third-order valence-corrected chi connectivity index (χ3v) is 2.65. The van der Waals surface area contributed by atoms with Gasteiger partial charge in [0.25, 0.3) is 0 Å². The fraction of sp³-hybridized carbons (Fsp3) is 0.214. The Bertz CT molecular complexity index is 526. The first kappa shape index (κ1) is 13.2. The molecule has 0 aliphatic heterocycles. The summed E-state index contributed by atoms with van der Waals surface area (Å²) in [6.07, 6.45) is 3.25. The second-order valence-electron chi connectivity index (χ2n) is 3.99. The van der Waals surface area contributed by atoms with Crippen molar-refractivity contribution >= 4 is 5.97 Å². The summed E-state index contributed by atoms with van der Waals surface area (Å²) < 4.78 is 4.65. The third kappa shape index (κ3) is 3.86. The number of nitrogens with zero attached hydrogens (tertiary/aromatic N) is 2. The number of methoxy groups -OCH3 is 1. The average Bonchev–Trinajstić information content (AvgIpc) is 2.48. The van der Waals surface area contributed by atoms with Gasteiger partial charge in [0.15, 0.2) is 0 Å². The Balaban J connectivity index is 1.85. The maximum absolute atomic E-state index is 11.3. The van der Waals surface area contributed by atoms with Crippen LogP contribution in [0.25, 0.3) is 0 Å². The van der Waals surface area contributed by atoms with Crippen LogP contribution in [0.3, 0.4) is 0 Å². The second kappa shape index (κ2) is 6.61. The van der Waals surface area contributed by atoms with E-state index in [1.807, 2.05) is 18.2 Å². The first-order chi connectivity index (χ1) is 9.29. The molecule has 0 radical (unpaired) electrons. The van der Waals surface area contributed by atoms with Gasteiger partial charge in [-0.2, -0.15) is 0 Å². The molecule has 0 aliphatic carbocycles. The summed E-state index contributed by atoms with van der Waals surface area (Å²) >= 11 is 0. The van der Waals surface area contributed by atoms with Gasteiger partial charge in [0.1, 0.15) is 6.33 Å². The van der Waals surface area contributed by atoms with Crippen molar-refractivity contribution in [1.29, 1.82) is 0 Å². The molecule has 0 atom stereocenters. The van der Waals surface area contributed by atoms with E-state index < -0.39 is 0 Å². The number of hydrogen-bond donors (Lipinski definition) is 1. The SMILES string of the molecule is COC(=O)c1ccc(CNCc2ccncn2)cc1. The Kier molecular flexibility index (Phi) is 4.58. The number of benzene rings is 1. The summed E-state index contributed by atoms with van der Waals surface area (Å²) in [6, 6.07) is 9.19. The van der Waals surface area contributed by atoms with Gasteiger partial charge in [0.2, 0.25) is 0 Å². The van der Waals surface area contributed by atoms with Crippen molar-refractivity contribution in [3.63, 3.8) is 0 Å². The van der Waals surface area contributed by atoms with Crippen LogP contribution in [-0.2, 0) is 17.8 Å². The second-order valence-corrected chi connectivity index (χ2v) is 3.99. The van der Waals surface area contributed by atoms with Gasteiger partial charge in [-0.3, -0.25) is 0 Å². The normalized spacial score (nSPS) is 10.2. The van der Waals surface area contributed by atoms with Gasteiger partial charge < -0.3 is 10.1 Å². The molecule has 0 saturated heterocycles. The molecule has 98 valence electrons. The number of carbonyl (C=O) groups is 1. The van der Waals surface area contributed by atoms with Gasteiger partial charge in [-0.15, -0.1) is 0 Å². The molecule has 5 heteroatoms. The minimum absolute atomic E-state index is 0.319. The molecule has 19 heavy (non-hydrogen) atoms. The van der Waals surface area contributed by atoms with E-state index in [-0.39, 0.29) is 5.97 Å². The van der Waals surface area contributed by atoms with Crippen LogP contribution in [0.4, 0.5) is 0 Å². The number of rotatable bonds is 5. The molecule has 1 heterocycles. The molecule has 5 nitrogen and oxygen atoms in total. The van der Waals surface area contributed by atoms with Crippen LogP contribution >= 0.6 is 0 Å². The highest BCUT2D eigenvalue weighted by Crippen LogP contribution is 2.05. The van der Waals surface area contributed by atoms with Gasteiger partial charge in [-0.1, -0.05) is 12.1 Å². The first-order valence-electron chi connectivity index (χ1n) is 5.92. The van der Waals surface area contributed by atoms with Gasteiger partial charge in [-0.05, 0) is 23.8 Å². The van der Waals surface area contributed by atoms with Gasteiger partial charge in [0.05, 0.1) is 18.4 Å². The number of nitrogens with one attached hydrogen (secondary N) is 1. The Morgan fingerprint density at radius 1 is 1.21 bits per heavy atom. The molecule has 0 unspecified atom stereocenters. The van der Waals surface area contributed by atoms with Crippen molar-refractivity contribution in [3.05, 3.63) is 59.7 Å². The molecule has 0 aliphatic rings. The van der Waals surface area contributed by atoms with Crippen LogP contribution in [0.2, 0.25) is 0 Å². The summed E-state index contributed by atoms with van der Waals surface area (Å²) in [5.74, 6) is -0.319. The number of hydrogen-bond acceptors (Lipinski definition) is 5. The van der Waals surface area contributed by atoms with Crippen molar-refractivity contribution in [3.8, 4) is 0 Å². The van der Waals surface area contributed by atoms with Crippen LogP contribution in [0, 0.1) is 0 Å². The molecule has 0 fully saturated rings. The van der Waals surface area contributed by atoms with E-state index in [9.17, 15) is 4.79 Å². The summed E-state index contributed by atoms with van der Waals surface area (Å²) in [7, 11) is 1.37.